The second-order valence-corrected chi connectivity index (χ2v) is 7.35. The summed E-state index contributed by atoms with van der Waals surface area (Å²) in [5.74, 6) is 0.910. The topological polar surface area (TPSA) is 87.9 Å². The van der Waals surface area contributed by atoms with Crippen molar-refractivity contribution in [3.05, 3.63) is 47.8 Å². The van der Waals surface area contributed by atoms with E-state index in [-0.39, 0.29) is 17.9 Å². The molecule has 4 rings (SSSR count). The third-order valence-corrected chi connectivity index (χ3v) is 5.32. The Bertz CT molecular complexity index is 868. The number of halogens is 1. The van der Waals surface area contributed by atoms with Crippen molar-refractivity contribution in [2.45, 2.75) is 31.8 Å². The zero-order valence-corrected chi connectivity index (χ0v) is 17.0. The summed E-state index contributed by atoms with van der Waals surface area (Å²) in [5, 5.41) is 6.89. The predicted molar refractivity (Wildman–Crippen MR) is 108 cm³/mol. The molecule has 0 radical (unpaired) electrons. The molecule has 1 aromatic heterocycles. The Hall–Kier alpha value is -2.94. The molecule has 162 valence electrons. The van der Waals surface area contributed by atoms with Gasteiger partial charge in [0, 0.05) is 44.6 Å². The normalized spacial score (nSPS) is 16.9. The van der Waals surface area contributed by atoms with Gasteiger partial charge in [-0.05, 0) is 37.5 Å². The van der Waals surface area contributed by atoms with Crippen LogP contribution in [0.1, 0.15) is 41.5 Å². The van der Waals surface area contributed by atoms with Gasteiger partial charge < -0.3 is 19.3 Å². The highest BCUT2D eigenvalue weighted by atomic mass is 19.1. The van der Waals surface area contributed by atoms with E-state index >= 15 is 0 Å². The molecule has 1 aliphatic heterocycles. The van der Waals surface area contributed by atoms with Gasteiger partial charge in [-0.25, -0.2) is 9.37 Å². The minimum atomic E-state index is -0.428. The van der Waals surface area contributed by atoms with Crippen LogP contribution in [0.25, 0.3) is 0 Å². The van der Waals surface area contributed by atoms with Crippen LogP contribution >= 0.6 is 0 Å². The highest BCUT2D eigenvalue weighted by molar-refractivity contribution is 5.97. The number of aromatic nitrogens is 2. The van der Waals surface area contributed by atoms with Crippen LogP contribution in [0.5, 0.6) is 5.75 Å². The molecule has 1 aromatic carbocycles. The van der Waals surface area contributed by atoms with Gasteiger partial charge in [-0.15, -0.1) is 0 Å². The lowest BCUT2D eigenvalue weighted by Gasteiger charge is -2.23. The van der Waals surface area contributed by atoms with Gasteiger partial charge in [-0.1, -0.05) is 0 Å². The van der Waals surface area contributed by atoms with Crippen LogP contribution in [0.3, 0.4) is 0 Å². The van der Waals surface area contributed by atoms with Crippen molar-refractivity contribution in [2.24, 2.45) is 0 Å². The van der Waals surface area contributed by atoms with Gasteiger partial charge in [0.15, 0.2) is 0 Å². The van der Waals surface area contributed by atoms with Crippen molar-refractivity contribution in [3.8, 4) is 5.75 Å². The molecule has 2 aromatic rings. The molecule has 0 spiro atoms. The predicted octanol–water partition coefficient (Wildman–Crippen LogP) is 2.41. The molecule has 1 N–H and O–H groups in total. The van der Waals surface area contributed by atoms with E-state index < -0.39 is 5.82 Å². The van der Waals surface area contributed by atoms with E-state index in [4.69, 9.17) is 14.6 Å². The quantitative estimate of drug-likeness (QED) is 0.751. The van der Waals surface area contributed by atoms with Gasteiger partial charge >= 0.3 is 0 Å². The van der Waals surface area contributed by atoms with Crippen LogP contribution in [-0.2, 0) is 11.3 Å². The second-order valence-electron chi connectivity index (χ2n) is 7.35. The van der Waals surface area contributed by atoms with Gasteiger partial charge in [-0.2, -0.15) is 0 Å². The maximum absolute atomic E-state index is 13.6. The van der Waals surface area contributed by atoms with E-state index in [2.05, 4.69) is 20.6 Å². The molecule has 9 heteroatoms. The lowest BCUT2D eigenvalue weighted by atomic mass is 10.1. The van der Waals surface area contributed by atoms with Crippen LogP contribution in [0, 0.1) is 5.82 Å². The highest BCUT2D eigenvalue weighted by Crippen LogP contribution is 2.35. The summed E-state index contributed by atoms with van der Waals surface area (Å²) in [5.41, 5.74) is 0.287. The Kier molecular flexibility index (Phi) is 7.40. The molecule has 8 nitrogen and oxygen atoms in total. The first kappa shape index (κ1) is 21.8. The van der Waals surface area contributed by atoms with E-state index in [0.717, 1.165) is 31.9 Å². The summed E-state index contributed by atoms with van der Waals surface area (Å²) in [6, 6.07) is 4.69. The lowest BCUT2D eigenvalue weighted by molar-refractivity contribution is -0.122. The first-order chi connectivity index (χ1) is 14.6. The third kappa shape index (κ3) is 5.35. The van der Waals surface area contributed by atoms with Gasteiger partial charge in [0.25, 0.3) is 12.4 Å². The van der Waals surface area contributed by atoms with E-state index in [0.29, 0.717) is 24.9 Å². The lowest BCUT2D eigenvalue weighted by Crippen LogP contribution is -2.35. The van der Waals surface area contributed by atoms with Crippen molar-refractivity contribution in [1.82, 2.24) is 19.4 Å². The molecule has 0 atom stereocenters. The number of carboxylic acid groups (broad SMARTS) is 1. The average molecular weight is 418 g/mol. The van der Waals surface area contributed by atoms with Crippen molar-refractivity contribution >= 4 is 12.4 Å². The number of ether oxygens (including phenoxy) is 1. The molecule has 1 aliphatic carbocycles. The maximum atomic E-state index is 13.6. The maximum Gasteiger partial charge on any atom is 0.290 e. The first-order valence-corrected chi connectivity index (χ1v) is 10.0. The average Bonchev–Trinajstić information content (AvgIpc) is 3.52. The summed E-state index contributed by atoms with van der Waals surface area (Å²) in [7, 11) is 1.50. The molecule has 1 saturated heterocycles. The molecule has 2 heterocycles. The van der Waals surface area contributed by atoms with Crippen molar-refractivity contribution in [3.63, 3.8) is 0 Å². The largest absolute Gasteiger partial charge is 0.496 e. The van der Waals surface area contributed by atoms with Crippen LogP contribution in [0.4, 0.5) is 4.39 Å². The Balaban J connectivity index is 0.000000806. The number of nitrogens with zero attached hydrogens (tertiary/aromatic N) is 4. The van der Waals surface area contributed by atoms with Gasteiger partial charge in [-0.3, -0.25) is 14.5 Å². The van der Waals surface area contributed by atoms with E-state index in [9.17, 15) is 9.18 Å². The number of carbonyl (C=O) groups is 2. The van der Waals surface area contributed by atoms with Crippen molar-refractivity contribution in [1.29, 1.82) is 0 Å². The van der Waals surface area contributed by atoms with Crippen LogP contribution in [-0.4, -0.2) is 70.1 Å². The zero-order valence-electron chi connectivity index (χ0n) is 17.0. The highest BCUT2D eigenvalue weighted by Gasteiger charge is 2.27. The zero-order chi connectivity index (χ0) is 21.5. The molecule has 2 aliphatic rings. The summed E-state index contributed by atoms with van der Waals surface area (Å²) >= 11 is 0. The smallest absolute Gasteiger partial charge is 0.290 e. The minimum Gasteiger partial charge on any atom is -0.496 e. The minimum absolute atomic E-state index is 0.173. The number of methoxy groups -OCH3 is 1. The Morgan fingerprint density at radius 3 is 2.77 bits per heavy atom. The van der Waals surface area contributed by atoms with Gasteiger partial charge in [0.2, 0.25) is 0 Å². The molecule has 1 amide bonds. The Morgan fingerprint density at radius 1 is 1.30 bits per heavy atom. The summed E-state index contributed by atoms with van der Waals surface area (Å²) in [6.07, 6.45) is 7.30. The molecular formula is C21H27FN4O4. The number of rotatable bonds is 5. The van der Waals surface area contributed by atoms with E-state index in [1.54, 1.807) is 4.90 Å². The fraction of sp³-hybridized carbons (Fsp3) is 0.476. The first-order valence-electron chi connectivity index (χ1n) is 10.0. The molecule has 0 unspecified atom stereocenters. The summed E-state index contributed by atoms with van der Waals surface area (Å²) in [6.45, 7) is 3.52. The van der Waals surface area contributed by atoms with Gasteiger partial charge in [0.1, 0.15) is 17.4 Å². The number of amides is 1. The van der Waals surface area contributed by atoms with Gasteiger partial charge in [0.05, 0.1) is 19.2 Å². The van der Waals surface area contributed by atoms with E-state index in [1.165, 1.54) is 38.2 Å². The molecular weight excluding hydrogens is 391 g/mol. The Morgan fingerprint density at radius 2 is 2.07 bits per heavy atom. The fourth-order valence-corrected chi connectivity index (χ4v) is 3.70. The van der Waals surface area contributed by atoms with Crippen molar-refractivity contribution in [2.75, 3.05) is 33.3 Å². The number of benzene rings is 1. The molecule has 30 heavy (non-hydrogen) atoms. The second kappa shape index (κ2) is 10.2. The SMILES string of the molecule is COc1ccc(F)cc1C(=O)N1CCCN(Cc2nccn2C2CC2)CC1.O=CO. The van der Waals surface area contributed by atoms with Crippen molar-refractivity contribution < 1.29 is 23.8 Å². The summed E-state index contributed by atoms with van der Waals surface area (Å²) < 4.78 is 21.2. The summed E-state index contributed by atoms with van der Waals surface area (Å²) in [4.78, 5) is 29.9. The standard InChI is InChI=1S/C20H25FN4O2.CH2O2/c1-27-18-6-3-15(21)13-17(18)20(26)24-9-2-8-23(11-12-24)14-19-22-7-10-25(19)16-4-5-16;2-1-3/h3,6-7,10,13,16H,2,4-5,8-9,11-12,14H2,1H3;1H,(H,2,3). The fourth-order valence-electron chi connectivity index (χ4n) is 3.70. The number of carbonyl (C=O) groups excluding carboxylic acids is 1. The number of imidazole rings is 1. The monoisotopic (exact) mass is 418 g/mol. The van der Waals surface area contributed by atoms with Crippen LogP contribution in [0.15, 0.2) is 30.6 Å². The Labute approximate surface area is 174 Å². The molecule has 2 fully saturated rings. The van der Waals surface area contributed by atoms with Crippen LogP contribution < -0.4 is 4.74 Å². The molecule has 0 bridgehead atoms. The number of hydrogen-bond acceptors (Lipinski definition) is 5. The van der Waals surface area contributed by atoms with Crippen LogP contribution in [0.2, 0.25) is 0 Å². The third-order valence-electron chi connectivity index (χ3n) is 5.32. The number of hydrogen-bond donors (Lipinski definition) is 1. The van der Waals surface area contributed by atoms with E-state index in [1.807, 2.05) is 6.20 Å². The molecule has 1 saturated carbocycles.